The number of anilines is 1. The van der Waals surface area contributed by atoms with Crippen LogP contribution in [0, 0.1) is 5.41 Å². The quantitative estimate of drug-likeness (QED) is 0.226. The lowest BCUT2D eigenvalue weighted by molar-refractivity contribution is 0.0666. The van der Waals surface area contributed by atoms with E-state index in [0.717, 1.165) is 11.3 Å². The van der Waals surface area contributed by atoms with Crippen molar-refractivity contribution in [2.75, 3.05) is 4.90 Å². The van der Waals surface area contributed by atoms with E-state index in [9.17, 15) is 14.4 Å². The number of hydrogen-bond acceptors (Lipinski definition) is 4. The first-order valence-corrected chi connectivity index (χ1v) is 13.0. The number of para-hydroxylation sites is 1. The van der Waals surface area contributed by atoms with Gasteiger partial charge in [-0.1, -0.05) is 115 Å². The Balaban J connectivity index is 1.57. The summed E-state index contributed by atoms with van der Waals surface area (Å²) < 4.78 is 0. The van der Waals surface area contributed by atoms with E-state index in [1.54, 1.807) is 42.5 Å². The number of Topliss-reactive ketones (excluding diaryl/α,β-unsaturated/α-hetero) is 3. The highest BCUT2D eigenvalue weighted by atomic mass is 35.5. The third-order valence-corrected chi connectivity index (χ3v) is 8.62. The lowest BCUT2D eigenvalue weighted by Gasteiger charge is -2.37. The summed E-state index contributed by atoms with van der Waals surface area (Å²) in [5.74, 6) is -1.48. The molecule has 38 heavy (non-hydrogen) atoms. The van der Waals surface area contributed by atoms with Crippen LogP contribution >= 0.6 is 11.6 Å². The number of carbonyl (C=O) groups excluding carboxylic acids is 3. The zero-order valence-corrected chi connectivity index (χ0v) is 21.0. The molecule has 3 aliphatic rings. The van der Waals surface area contributed by atoms with Gasteiger partial charge in [0.2, 0.25) is 0 Å². The van der Waals surface area contributed by atoms with Crippen LogP contribution in [0.4, 0.5) is 5.69 Å². The Labute approximate surface area is 225 Å². The molecule has 1 spiro atoms. The summed E-state index contributed by atoms with van der Waals surface area (Å²) in [6, 6.07) is 29.6. The van der Waals surface area contributed by atoms with Crippen molar-refractivity contribution in [3.63, 3.8) is 0 Å². The van der Waals surface area contributed by atoms with E-state index in [2.05, 4.69) is 0 Å². The standard InChI is InChI=1S/C33H22ClNO3/c34-25-16-8-7-15-24(25)28-29(30(36)21-11-2-1-3-12-21)35-26-17-9-4-10-20(26)18-19-27(35)33(28)31(37)22-13-5-6-14-23(22)32(33)38/h1-19,27-29H/t27-,28+,29-/m1/s1. The highest BCUT2D eigenvalue weighted by molar-refractivity contribution is 6.34. The lowest BCUT2D eigenvalue weighted by Crippen LogP contribution is -2.48. The van der Waals surface area contributed by atoms with Gasteiger partial charge in [-0.2, -0.15) is 0 Å². The number of halogens is 1. The molecule has 0 aromatic heterocycles. The molecular formula is C33H22ClNO3. The average molecular weight is 516 g/mol. The largest absolute Gasteiger partial charge is 0.352 e. The molecule has 1 fully saturated rings. The molecule has 0 unspecified atom stereocenters. The third-order valence-electron chi connectivity index (χ3n) is 8.28. The van der Waals surface area contributed by atoms with Crippen molar-refractivity contribution >= 4 is 40.7 Å². The number of benzene rings is 4. The second-order valence-electron chi connectivity index (χ2n) is 10.0. The average Bonchev–Trinajstić information content (AvgIpc) is 3.39. The van der Waals surface area contributed by atoms with E-state index in [1.165, 1.54) is 0 Å². The van der Waals surface area contributed by atoms with Gasteiger partial charge in [-0.05, 0) is 23.3 Å². The predicted octanol–water partition coefficient (Wildman–Crippen LogP) is 6.66. The molecule has 7 rings (SSSR count). The molecule has 0 N–H and O–H groups in total. The van der Waals surface area contributed by atoms with Crippen molar-refractivity contribution in [1.29, 1.82) is 0 Å². The molecule has 1 aliphatic carbocycles. The Bertz CT molecular complexity index is 1640. The van der Waals surface area contributed by atoms with Gasteiger partial charge in [-0.3, -0.25) is 14.4 Å². The van der Waals surface area contributed by atoms with Crippen LogP contribution in [0.5, 0.6) is 0 Å². The Morgan fingerprint density at radius 1 is 0.737 bits per heavy atom. The summed E-state index contributed by atoms with van der Waals surface area (Å²) in [5.41, 5.74) is 2.14. The monoisotopic (exact) mass is 515 g/mol. The van der Waals surface area contributed by atoms with Crippen LogP contribution in [0.3, 0.4) is 0 Å². The predicted molar refractivity (Wildman–Crippen MR) is 148 cm³/mol. The normalized spacial score (nSPS) is 22.3. The van der Waals surface area contributed by atoms with Gasteiger partial charge in [0.05, 0.1) is 6.04 Å². The smallest absolute Gasteiger partial charge is 0.185 e. The van der Waals surface area contributed by atoms with Crippen LogP contribution in [0.15, 0.2) is 109 Å². The Hall–Kier alpha value is -4.28. The zero-order chi connectivity index (χ0) is 26.0. The van der Waals surface area contributed by atoms with Gasteiger partial charge in [0.15, 0.2) is 17.3 Å². The second-order valence-corrected chi connectivity index (χ2v) is 10.4. The molecule has 1 saturated heterocycles. The van der Waals surface area contributed by atoms with E-state index in [4.69, 9.17) is 11.6 Å². The summed E-state index contributed by atoms with van der Waals surface area (Å²) in [7, 11) is 0. The SMILES string of the molecule is O=C(c1ccccc1)[C@H]1[C@H](c2ccccc2Cl)C2(C(=O)c3ccccc3C2=O)[C@H]2C=Cc3ccccc3N12. The molecule has 0 saturated carbocycles. The number of hydrogen-bond donors (Lipinski definition) is 0. The van der Waals surface area contributed by atoms with Gasteiger partial charge < -0.3 is 4.90 Å². The summed E-state index contributed by atoms with van der Waals surface area (Å²) in [6.07, 6.45) is 3.88. The van der Waals surface area contributed by atoms with Crippen molar-refractivity contribution in [3.05, 3.63) is 142 Å². The Morgan fingerprint density at radius 2 is 1.34 bits per heavy atom. The summed E-state index contributed by atoms with van der Waals surface area (Å²) in [4.78, 5) is 45.6. The van der Waals surface area contributed by atoms with E-state index in [0.29, 0.717) is 27.3 Å². The maximum absolute atomic E-state index is 14.6. The van der Waals surface area contributed by atoms with Gasteiger partial charge in [-0.25, -0.2) is 0 Å². The van der Waals surface area contributed by atoms with E-state index < -0.39 is 23.4 Å². The van der Waals surface area contributed by atoms with Crippen LogP contribution in [-0.4, -0.2) is 29.4 Å². The molecular weight excluding hydrogens is 494 g/mol. The molecule has 0 radical (unpaired) electrons. The molecule has 184 valence electrons. The molecule has 5 heteroatoms. The van der Waals surface area contributed by atoms with Crippen molar-refractivity contribution in [3.8, 4) is 0 Å². The lowest BCUT2D eigenvalue weighted by atomic mass is 9.64. The van der Waals surface area contributed by atoms with Gasteiger partial charge in [0.25, 0.3) is 0 Å². The van der Waals surface area contributed by atoms with Gasteiger partial charge >= 0.3 is 0 Å². The first-order chi connectivity index (χ1) is 18.5. The zero-order valence-electron chi connectivity index (χ0n) is 20.3. The number of carbonyl (C=O) groups is 3. The minimum Gasteiger partial charge on any atom is -0.352 e. The molecule has 4 aromatic carbocycles. The van der Waals surface area contributed by atoms with Crippen molar-refractivity contribution in [2.45, 2.75) is 18.0 Å². The summed E-state index contributed by atoms with van der Waals surface area (Å²) in [5, 5.41) is 0.427. The fourth-order valence-corrected chi connectivity index (χ4v) is 7.01. The molecule has 4 nitrogen and oxygen atoms in total. The van der Waals surface area contributed by atoms with E-state index in [-0.39, 0.29) is 17.3 Å². The first-order valence-electron chi connectivity index (χ1n) is 12.6. The molecule has 3 atom stereocenters. The van der Waals surface area contributed by atoms with Crippen molar-refractivity contribution in [1.82, 2.24) is 0 Å². The number of ketones is 3. The third kappa shape index (κ3) is 2.89. The van der Waals surface area contributed by atoms with Gasteiger partial charge in [-0.15, -0.1) is 0 Å². The molecule has 0 amide bonds. The molecule has 2 heterocycles. The van der Waals surface area contributed by atoms with Crippen molar-refractivity contribution in [2.24, 2.45) is 5.41 Å². The van der Waals surface area contributed by atoms with Crippen LogP contribution in [0.2, 0.25) is 5.02 Å². The topological polar surface area (TPSA) is 54.5 Å². The number of nitrogens with zero attached hydrogens (tertiary/aromatic N) is 1. The van der Waals surface area contributed by atoms with E-state index in [1.807, 2.05) is 77.7 Å². The highest BCUT2D eigenvalue weighted by Gasteiger charge is 2.71. The minimum atomic E-state index is -1.55. The number of fused-ring (bicyclic) bond motifs is 5. The summed E-state index contributed by atoms with van der Waals surface area (Å²) >= 11 is 6.82. The highest BCUT2D eigenvalue weighted by Crippen LogP contribution is 2.61. The summed E-state index contributed by atoms with van der Waals surface area (Å²) in [6.45, 7) is 0. The second kappa shape index (κ2) is 8.37. The van der Waals surface area contributed by atoms with Crippen LogP contribution in [0.1, 0.15) is 48.1 Å². The van der Waals surface area contributed by atoms with Crippen LogP contribution in [-0.2, 0) is 0 Å². The maximum atomic E-state index is 14.6. The fraction of sp³-hybridized carbons (Fsp3) is 0.121. The van der Waals surface area contributed by atoms with Crippen LogP contribution < -0.4 is 4.90 Å². The van der Waals surface area contributed by atoms with E-state index >= 15 is 0 Å². The molecule has 2 aliphatic heterocycles. The minimum absolute atomic E-state index is 0.154. The first kappa shape index (κ1) is 22.9. The fourth-order valence-electron chi connectivity index (χ4n) is 6.76. The Kier molecular flexibility index (Phi) is 5.04. The van der Waals surface area contributed by atoms with Crippen molar-refractivity contribution < 1.29 is 14.4 Å². The molecule has 0 bridgehead atoms. The molecule has 4 aromatic rings. The maximum Gasteiger partial charge on any atom is 0.185 e. The van der Waals surface area contributed by atoms with Gasteiger partial charge in [0, 0.05) is 33.3 Å². The van der Waals surface area contributed by atoms with Gasteiger partial charge in [0.1, 0.15) is 11.5 Å². The van der Waals surface area contributed by atoms with Crippen LogP contribution in [0.25, 0.3) is 6.08 Å². The number of rotatable bonds is 3. The Morgan fingerprint density at radius 3 is 2.05 bits per heavy atom.